The molecule has 0 radical (unpaired) electrons. The molecule has 1 rings (SSSR count). The lowest BCUT2D eigenvalue weighted by molar-refractivity contribution is 0.421. The monoisotopic (exact) mass is 258 g/mol. The second-order valence-corrected chi connectivity index (χ2v) is 6.95. The summed E-state index contributed by atoms with van der Waals surface area (Å²) in [5, 5.41) is 2.64. The lowest BCUT2D eigenvalue weighted by atomic mass is 10.4. The van der Waals surface area contributed by atoms with Crippen molar-refractivity contribution in [3.05, 3.63) is 0 Å². The van der Waals surface area contributed by atoms with Crippen LogP contribution < -0.4 is 5.32 Å². The van der Waals surface area contributed by atoms with Crippen molar-refractivity contribution in [3.63, 3.8) is 0 Å². The average molecular weight is 258 g/mol. The third kappa shape index (κ3) is 4.30. The highest BCUT2D eigenvalue weighted by atomic mass is 32.2. The van der Waals surface area contributed by atoms with Crippen molar-refractivity contribution in [2.45, 2.75) is 31.9 Å². The Kier molecular flexibility index (Phi) is 5.44. The van der Waals surface area contributed by atoms with E-state index in [1.807, 2.05) is 6.92 Å². The van der Waals surface area contributed by atoms with Gasteiger partial charge in [0.1, 0.15) is 0 Å². The molecule has 0 aromatic rings. The third-order valence-electron chi connectivity index (χ3n) is 2.98. The van der Waals surface area contributed by atoms with Crippen molar-refractivity contribution >= 4 is 10.0 Å². The van der Waals surface area contributed by atoms with Gasteiger partial charge in [-0.2, -0.15) is 4.31 Å². The Balaban J connectivity index is 2.64. The van der Waals surface area contributed by atoms with Crippen LogP contribution in [-0.4, -0.2) is 44.2 Å². The second kappa shape index (κ2) is 6.39. The van der Waals surface area contributed by atoms with E-state index >= 15 is 0 Å². The van der Waals surface area contributed by atoms with Gasteiger partial charge in [-0.15, -0.1) is 6.42 Å². The van der Waals surface area contributed by atoms with Gasteiger partial charge in [0.2, 0.25) is 10.0 Å². The molecule has 0 spiro atoms. The Morgan fingerprint density at radius 3 is 2.65 bits per heavy atom. The standard InChI is InChI=1S/C12H22N2O2S/c1-4-8-14(10-12-6-7-12)17(15,16)11(3)9-13-5-2/h1,11-13H,5-10H2,2-3H3. The van der Waals surface area contributed by atoms with Gasteiger partial charge in [-0.25, -0.2) is 8.42 Å². The van der Waals surface area contributed by atoms with Crippen molar-refractivity contribution in [1.82, 2.24) is 9.62 Å². The van der Waals surface area contributed by atoms with Crippen molar-refractivity contribution in [3.8, 4) is 12.3 Å². The number of rotatable bonds is 8. The second-order valence-electron chi connectivity index (χ2n) is 4.60. The van der Waals surface area contributed by atoms with E-state index in [0.717, 1.165) is 19.4 Å². The Morgan fingerprint density at radius 2 is 2.18 bits per heavy atom. The minimum Gasteiger partial charge on any atom is -0.316 e. The molecule has 0 aromatic carbocycles. The molecular formula is C12H22N2O2S. The summed E-state index contributed by atoms with van der Waals surface area (Å²) in [5.74, 6) is 2.96. The quantitative estimate of drug-likeness (QED) is 0.651. The first-order chi connectivity index (χ1) is 8.02. The molecule has 1 atom stereocenters. The van der Waals surface area contributed by atoms with Crippen molar-refractivity contribution in [1.29, 1.82) is 0 Å². The molecule has 0 bridgehead atoms. The molecule has 0 aliphatic heterocycles. The fourth-order valence-electron chi connectivity index (χ4n) is 1.66. The molecule has 17 heavy (non-hydrogen) atoms. The van der Waals surface area contributed by atoms with E-state index in [1.54, 1.807) is 6.92 Å². The molecule has 0 aromatic heterocycles. The zero-order valence-corrected chi connectivity index (χ0v) is 11.5. The molecule has 1 aliphatic carbocycles. The Bertz CT molecular complexity index is 368. The van der Waals surface area contributed by atoms with Crippen molar-refractivity contribution in [2.75, 3.05) is 26.2 Å². The molecule has 1 N–H and O–H groups in total. The summed E-state index contributed by atoms with van der Waals surface area (Å²) in [7, 11) is -3.26. The largest absolute Gasteiger partial charge is 0.316 e. The van der Waals surface area contributed by atoms with Crippen LogP contribution >= 0.6 is 0 Å². The summed E-state index contributed by atoms with van der Waals surface area (Å²) in [6.45, 7) is 5.72. The first-order valence-corrected chi connectivity index (χ1v) is 7.65. The third-order valence-corrected chi connectivity index (χ3v) is 5.16. The van der Waals surface area contributed by atoms with E-state index in [2.05, 4.69) is 11.2 Å². The van der Waals surface area contributed by atoms with Crippen LogP contribution in [-0.2, 0) is 10.0 Å². The maximum Gasteiger partial charge on any atom is 0.218 e. The van der Waals surface area contributed by atoms with Gasteiger partial charge in [0.25, 0.3) is 0 Å². The van der Waals surface area contributed by atoms with Crippen LogP contribution in [0.5, 0.6) is 0 Å². The topological polar surface area (TPSA) is 49.4 Å². The summed E-state index contributed by atoms with van der Waals surface area (Å²) in [6, 6.07) is 0. The minimum atomic E-state index is -3.26. The van der Waals surface area contributed by atoms with Crippen LogP contribution in [0.3, 0.4) is 0 Å². The number of terminal acetylenes is 1. The smallest absolute Gasteiger partial charge is 0.218 e. The van der Waals surface area contributed by atoms with Crippen LogP contribution in [0.15, 0.2) is 0 Å². The molecule has 1 fully saturated rings. The molecule has 1 unspecified atom stereocenters. The van der Waals surface area contributed by atoms with Crippen LogP contribution in [0, 0.1) is 18.3 Å². The maximum absolute atomic E-state index is 12.3. The number of hydrogen-bond donors (Lipinski definition) is 1. The Morgan fingerprint density at radius 1 is 1.53 bits per heavy atom. The zero-order valence-electron chi connectivity index (χ0n) is 10.6. The van der Waals surface area contributed by atoms with E-state index in [9.17, 15) is 8.42 Å². The van der Waals surface area contributed by atoms with E-state index < -0.39 is 15.3 Å². The van der Waals surface area contributed by atoms with Gasteiger partial charge in [-0.05, 0) is 32.2 Å². The lowest BCUT2D eigenvalue weighted by Gasteiger charge is -2.24. The molecule has 1 aliphatic rings. The highest BCUT2D eigenvalue weighted by Gasteiger charge is 2.33. The van der Waals surface area contributed by atoms with Crippen LogP contribution in [0.25, 0.3) is 0 Å². The molecule has 0 amide bonds. The van der Waals surface area contributed by atoms with E-state index in [-0.39, 0.29) is 6.54 Å². The minimum absolute atomic E-state index is 0.190. The summed E-state index contributed by atoms with van der Waals surface area (Å²) in [4.78, 5) is 0. The van der Waals surface area contributed by atoms with Gasteiger partial charge in [0.15, 0.2) is 0 Å². The maximum atomic E-state index is 12.3. The predicted molar refractivity (Wildman–Crippen MR) is 70.1 cm³/mol. The van der Waals surface area contributed by atoms with Gasteiger partial charge >= 0.3 is 0 Å². The van der Waals surface area contributed by atoms with Gasteiger partial charge in [-0.3, -0.25) is 0 Å². The highest BCUT2D eigenvalue weighted by Crippen LogP contribution is 2.30. The van der Waals surface area contributed by atoms with Crippen molar-refractivity contribution in [2.24, 2.45) is 5.92 Å². The predicted octanol–water partition coefficient (Wildman–Crippen LogP) is 0.659. The summed E-state index contributed by atoms with van der Waals surface area (Å²) in [6.07, 6.45) is 7.50. The van der Waals surface area contributed by atoms with Gasteiger partial charge in [0, 0.05) is 13.1 Å². The van der Waals surface area contributed by atoms with Crippen LogP contribution in [0.2, 0.25) is 0 Å². The number of sulfonamides is 1. The molecule has 98 valence electrons. The lowest BCUT2D eigenvalue weighted by Crippen LogP contribution is -2.43. The summed E-state index contributed by atoms with van der Waals surface area (Å²) in [5.41, 5.74) is 0. The van der Waals surface area contributed by atoms with Gasteiger partial charge in [0.05, 0.1) is 11.8 Å². The number of nitrogens with one attached hydrogen (secondary N) is 1. The fourth-order valence-corrected chi connectivity index (χ4v) is 3.17. The Hall–Kier alpha value is -0.570. The summed E-state index contributed by atoms with van der Waals surface area (Å²) < 4.78 is 26.0. The molecule has 0 saturated heterocycles. The number of nitrogens with zero attached hydrogens (tertiary/aromatic N) is 1. The van der Waals surface area contributed by atoms with E-state index in [4.69, 9.17) is 6.42 Å². The molecule has 5 heteroatoms. The van der Waals surface area contributed by atoms with Crippen molar-refractivity contribution < 1.29 is 8.42 Å². The van der Waals surface area contributed by atoms with Gasteiger partial charge in [-0.1, -0.05) is 12.8 Å². The fraction of sp³-hybridized carbons (Fsp3) is 0.833. The first-order valence-electron chi connectivity index (χ1n) is 6.15. The normalized spacial score (nSPS) is 18.0. The highest BCUT2D eigenvalue weighted by molar-refractivity contribution is 7.89. The van der Waals surface area contributed by atoms with Gasteiger partial charge < -0.3 is 5.32 Å². The summed E-state index contributed by atoms with van der Waals surface area (Å²) >= 11 is 0. The molecule has 1 saturated carbocycles. The zero-order chi connectivity index (χ0) is 12.9. The molecule has 4 nitrogen and oxygen atoms in total. The first kappa shape index (κ1) is 14.5. The molecule has 0 heterocycles. The molecular weight excluding hydrogens is 236 g/mol. The van der Waals surface area contributed by atoms with Crippen LogP contribution in [0.4, 0.5) is 0 Å². The van der Waals surface area contributed by atoms with E-state index in [1.165, 1.54) is 4.31 Å². The number of hydrogen-bond acceptors (Lipinski definition) is 3. The average Bonchev–Trinajstić information content (AvgIpc) is 3.09. The van der Waals surface area contributed by atoms with Crippen LogP contribution in [0.1, 0.15) is 26.7 Å². The Labute approximate surface area is 105 Å². The SMILES string of the molecule is C#CCN(CC1CC1)S(=O)(=O)C(C)CNCC. The van der Waals surface area contributed by atoms with E-state index in [0.29, 0.717) is 19.0 Å².